The zero-order chi connectivity index (χ0) is 41.7. The number of aromatic carboxylic acids is 1. The molecule has 2 amide bonds. The number of anilines is 1. The van der Waals surface area contributed by atoms with Crippen molar-refractivity contribution in [2.75, 3.05) is 5.32 Å². The van der Waals surface area contributed by atoms with Crippen molar-refractivity contribution >= 4 is 48.6 Å². The van der Waals surface area contributed by atoms with Gasteiger partial charge in [-0.2, -0.15) is 0 Å². The average Bonchev–Trinajstić information content (AvgIpc) is 3.22. The molecule has 0 spiro atoms. The van der Waals surface area contributed by atoms with E-state index < -0.39 is 10.9 Å². The van der Waals surface area contributed by atoms with Crippen LogP contribution in [-0.4, -0.2) is 42.8 Å². The Balaban J connectivity index is 0.000000284. The summed E-state index contributed by atoms with van der Waals surface area (Å²) in [6.45, 7) is 8.97. The molecule has 5 N–H and O–H groups in total. The van der Waals surface area contributed by atoms with Gasteiger partial charge >= 0.3 is 141 Å². The fourth-order valence-electron chi connectivity index (χ4n) is 5.07. The standard InChI is InChI=1S/C16H16N2O3Se.C15H15NO.C8H8O2.C7H9N.CH4/c1-10-5-4-6-11(2)15(10)17-16(19)13-9-12(18(20)21)7-8-14(13)22-3;1-12-7-9-14(10-8-12)15(17)16-11-13-5-3-2-4-6-13;1-6-2-4-7(5-3-6)8(9)10;8-6-7-4-2-1-3-5-7;/h4-9H,1-3H3,(H,17,19);2-10H,11H2,1H3,(H,16,17);2-5H,1H3,(H,9,10);1-5H,6,8H2;1H4. The molecule has 10 nitrogen and oxygen atoms in total. The van der Waals surface area contributed by atoms with Crippen LogP contribution in [0.2, 0.25) is 5.82 Å². The molecule has 302 valence electrons. The van der Waals surface area contributed by atoms with Crippen molar-refractivity contribution in [1.82, 2.24) is 5.32 Å². The van der Waals surface area contributed by atoms with Gasteiger partial charge in [-0.3, -0.25) is 4.79 Å². The zero-order valence-electron chi connectivity index (χ0n) is 32.7. The molecule has 0 unspecified atom stereocenters. The number of hydrogen-bond acceptors (Lipinski definition) is 6. The summed E-state index contributed by atoms with van der Waals surface area (Å²) in [6, 6.07) is 44.4. The van der Waals surface area contributed by atoms with E-state index in [9.17, 15) is 24.5 Å². The Morgan fingerprint density at radius 3 is 1.62 bits per heavy atom. The van der Waals surface area contributed by atoms with E-state index in [1.54, 1.807) is 30.3 Å². The normalized spacial score (nSPS) is 9.69. The van der Waals surface area contributed by atoms with Gasteiger partial charge in [-0.05, 0) is 49.2 Å². The number of carbonyl (C=O) groups excluding carboxylic acids is 2. The number of nitro groups is 1. The number of carbonyl (C=O) groups is 3. The van der Waals surface area contributed by atoms with Crippen LogP contribution in [0.4, 0.5) is 11.4 Å². The van der Waals surface area contributed by atoms with Crippen LogP contribution in [0.15, 0.2) is 146 Å². The van der Waals surface area contributed by atoms with Crippen LogP contribution < -0.4 is 20.8 Å². The van der Waals surface area contributed by atoms with Gasteiger partial charge in [-0.15, -0.1) is 0 Å². The summed E-state index contributed by atoms with van der Waals surface area (Å²) in [4.78, 5) is 45.1. The number of nitrogens with one attached hydrogen (secondary N) is 2. The second-order valence-electron chi connectivity index (χ2n) is 12.8. The summed E-state index contributed by atoms with van der Waals surface area (Å²) in [5.74, 6) is 0.762. The van der Waals surface area contributed by atoms with Crippen molar-refractivity contribution in [1.29, 1.82) is 0 Å². The van der Waals surface area contributed by atoms with Crippen LogP contribution in [0.3, 0.4) is 0 Å². The first kappa shape index (κ1) is 47.8. The monoisotopic (exact) mass is 848 g/mol. The summed E-state index contributed by atoms with van der Waals surface area (Å²) in [5.41, 5.74) is 13.9. The number of non-ortho nitro benzene ring substituents is 1. The number of benzene rings is 6. The maximum absolute atomic E-state index is 12.5. The zero-order valence-corrected chi connectivity index (χ0v) is 34.4. The van der Waals surface area contributed by atoms with Crippen LogP contribution in [0.1, 0.15) is 71.9 Å². The smallest absolute Gasteiger partial charge is 0.335 e. The summed E-state index contributed by atoms with van der Waals surface area (Å²) in [6.07, 6.45) is 0. The molecule has 0 atom stereocenters. The van der Waals surface area contributed by atoms with Gasteiger partial charge in [-0.25, -0.2) is 4.79 Å². The molecule has 0 bridgehead atoms. The van der Waals surface area contributed by atoms with E-state index in [2.05, 4.69) is 10.6 Å². The van der Waals surface area contributed by atoms with Crippen LogP contribution in [-0.2, 0) is 13.1 Å². The fraction of sp³-hybridized carbons (Fsp3) is 0.170. The molecular weight excluding hydrogens is 795 g/mol. The SMILES string of the molecule is C.C[Se]c1ccc([N+](=O)[O-])cc1C(=O)Nc1c(C)cccc1C.Cc1ccc(C(=O)NCc2ccccc2)cc1.Cc1ccc(C(=O)O)cc1.NCc1ccccc1. The van der Waals surface area contributed by atoms with Crippen molar-refractivity contribution in [3.63, 3.8) is 0 Å². The van der Waals surface area contributed by atoms with E-state index in [1.165, 1.54) is 17.7 Å². The third-order valence-corrected chi connectivity index (χ3v) is 10.0. The average molecular weight is 848 g/mol. The van der Waals surface area contributed by atoms with Crippen molar-refractivity contribution in [2.45, 2.75) is 54.0 Å². The van der Waals surface area contributed by atoms with Gasteiger partial charge in [0, 0.05) is 18.7 Å². The van der Waals surface area contributed by atoms with Crippen LogP contribution in [0, 0.1) is 37.8 Å². The molecule has 0 aliphatic heterocycles. The predicted octanol–water partition coefficient (Wildman–Crippen LogP) is 9.24. The molecule has 0 heterocycles. The minimum absolute atomic E-state index is 0. The van der Waals surface area contributed by atoms with Crippen LogP contribution in [0.5, 0.6) is 0 Å². The molecule has 6 aromatic rings. The van der Waals surface area contributed by atoms with Gasteiger partial charge in [-0.1, -0.05) is 103 Å². The molecule has 0 saturated carbocycles. The number of nitro benzene ring substituents is 1. The van der Waals surface area contributed by atoms with Crippen LogP contribution >= 0.6 is 0 Å². The minimum atomic E-state index is -0.875. The maximum Gasteiger partial charge on any atom is 0.335 e. The third kappa shape index (κ3) is 16.0. The second-order valence-corrected chi connectivity index (χ2v) is 14.5. The molecule has 6 aromatic carbocycles. The Morgan fingerprint density at radius 1 is 0.672 bits per heavy atom. The fourth-order valence-corrected chi connectivity index (χ4v) is 6.28. The van der Waals surface area contributed by atoms with Crippen molar-refractivity contribution in [3.8, 4) is 0 Å². The third-order valence-electron chi connectivity index (χ3n) is 8.34. The first-order chi connectivity index (χ1) is 27.3. The first-order valence-electron chi connectivity index (χ1n) is 18.0. The summed E-state index contributed by atoms with van der Waals surface area (Å²) < 4.78 is 0.849. The predicted molar refractivity (Wildman–Crippen MR) is 236 cm³/mol. The summed E-state index contributed by atoms with van der Waals surface area (Å²) >= 11 is 0.0720. The Bertz CT molecular complexity index is 2190. The number of hydrogen-bond donors (Lipinski definition) is 4. The van der Waals surface area contributed by atoms with Crippen molar-refractivity contribution in [3.05, 3.63) is 206 Å². The second kappa shape index (κ2) is 25.0. The van der Waals surface area contributed by atoms with Gasteiger partial charge in [0.15, 0.2) is 0 Å². The molecule has 58 heavy (non-hydrogen) atoms. The molecule has 0 radical (unpaired) electrons. The van der Waals surface area contributed by atoms with Crippen LogP contribution in [0.25, 0.3) is 0 Å². The number of amides is 2. The Morgan fingerprint density at radius 2 is 1.17 bits per heavy atom. The minimum Gasteiger partial charge on any atom is -0.478 e. The number of rotatable bonds is 9. The molecule has 0 saturated heterocycles. The van der Waals surface area contributed by atoms with E-state index in [4.69, 9.17) is 10.8 Å². The molecule has 0 aromatic heterocycles. The number of aryl methyl sites for hydroxylation is 4. The quantitative estimate of drug-likeness (QED) is 0.0640. The van der Waals surface area contributed by atoms with Gasteiger partial charge in [0.2, 0.25) is 0 Å². The van der Waals surface area contributed by atoms with Gasteiger partial charge in [0.1, 0.15) is 0 Å². The van der Waals surface area contributed by atoms with E-state index in [-0.39, 0.29) is 39.9 Å². The summed E-state index contributed by atoms with van der Waals surface area (Å²) in [7, 11) is 0. The van der Waals surface area contributed by atoms with E-state index in [1.807, 2.05) is 137 Å². The molecule has 0 aliphatic rings. The largest absolute Gasteiger partial charge is 0.478 e. The maximum atomic E-state index is 12.5. The molecular formula is C47H52N4O6Se. The van der Waals surface area contributed by atoms with Gasteiger partial charge < -0.3 is 16.2 Å². The van der Waals surface area contributed by atoms with E-state index in [0.717, 1.165) is 38.0 Å². The van der Waals surface area contributed by atoms with Gasteiger partial charge in [0.25, 0.3) is 5.91 Å². The number of carboxylic acids is 1. The van der Waals surface area contributed by atoms with Crippen molar-refractivity contribution < 1.29 is 24.4 Å². The Labute approximate surface area is 347 Å². The Kier molecular flexibility index (Phi) is 20.6. The topological polar surface area (TPSA) is 165 Å². The van der Waals surface area contributed by atoms with E-state index in [0.29, 0.717) is 29.8 Å². The molecule has 6 rings (SSSR count). The molecule has 0 fully saturated rings. The molecule has 11 heteroatoms. The van der Waals surface area contributed by atoms with Gasteiger partial charge in [0.05, 0.1) is 5.56 Å². The number of carboxylic acid groups (broad SMARTS) is 1. The number of nitrogens with two attached hydrogens (primary N) is 1. The molecule has 0 aliphatic carbocycles. The number of nitrogens with zero attached hydrogens (tertiary/aromatic N) is 1. The Hall–Kier alpha value is -6.39. The number of para-hydroxylation sites is 1. The van der Waals surface area contributed by atoms with Crippen molar-refractivity contribution in [2.24, 2.45) is 5.73 Å². The summed E-state index contributed by atoms with van der Waals surface area (Å²) in [5, 5.41) is 25.2. The van der Waals surface area contributed by atoms with E-state index >= 15 is 0 Å². The first-order valence-corrected chi connectivity index (χ1v) is 20.5.